The number of carbonyl (C=O) groups excluding carboxylic acids is 3. The molecule has 4 atom stereocenters. The Labute approximate surface area is 193 Å². The summed E-state index contributed by atoms with van der Waals surface area (Å²) < 4.78 is 0. The van der Waals surface area contributed by atoms with Gasteiger partial charge in [0, 0.05) is 12.2 Å². The Morgan fingerprint density at radius 2 is 1.39 bits per heavy atom. The number of aliphatic carboxylic acids is 2. The van der Waals surface area contributed by atoms with E-state index < -0.39 is 66.9 Å². The zero-order valence-corrected chi connectivity index (χ0v) is 18.2. The van der Waals surface area contributed by atoms with Gasteiger partial charge in [-0.1, -0.05) is 12.1 Å². The van der Waals surface area contributed by atoms with Gasteiger partial charge in [-0.15, -0.1) is 0 Å². The second-order valence-corrected chi connectivity index (χ2v) is 7.33. The number of phenolic OH excluding ortho intramolecular Hbond substituents is 1. The molecular formula is C19H26N4O9S. The van der Waals surface area contributed by atoms with Crippen LogP contribution in [0.3, 0.4) is 0 Å². The molecule has 9 N–H and O–H groups in total. The van der Waals surface area contributed by atoms with Crippen molar-refractivity contribution in [3.05, 3.63) is 29.8 Å². The van der Waals surface area contributed by atoms with Crippen molar-refractivity contribution in [2.75, 3.05) is 12.4 Å². The molecule has 13 nitrogen and oxygen atoms in total. The molecule has 0 aliphatic rings. The highest BCUT2D eigenvalue weighted by Crippen LogP contribution is 2.12. The highest BCUT2D eigenvalue weighted by molar-refractivity contribution is 7.80. The third kappa shape index (κ3) is 9.34. The number of carboxylic acids is 2. The number of aliphatic hydroxyl groups is 1. The third-order valence-corrected chi connectivity index (χ3v) is 4.74. The van der Waals surface area contributed by atoms with Crippen LogP contribution in [0.4, 0.5) is 0 Å². The van der Waals surface area contributed by atoms with Crippen molar-refractivity contribution in [2.24, 2.45) is 5.73 Å². The summed E-state index contributed by atoms with van der Waals surface area (Å²) in [6, 6.07) is 0.0121. The van der Waals surface area contributed by atoms with E-state index in [0.717, 1.165) is 0 Å². The summed E-state index contributed by atoms with van der Waals surface area (Å²) in [5, 5.41) is 43.2. The Morgan fingerprint density at radius 1 is 0.879 bits per heavy atom. The summed E-state index contributed by atoms with van der Waals surface area (Å²) in [6.45, 7) is -0.937. The molecule has 1 aromatic carbocycles. The molecule has 0 spiro atoms. The number of amides is 3. The summed E-state index contributed by atoms with van der Waals surface area (Å²) in [7, 11) is 0. The van der Waals surface area contributed by atoms with Crippen LogP contribution in [-0.2, 0) is 30.4 Å². The van der Waals surface area contributed by atoms with Crippen molar-refractivity contribution in [3.63, 3.8) is 0 Å². The molecule has 0 saturated carbocycles. The van der Waals surface area contributed by atoms with Crippen LogP contribution in [0, 0.1) is 0 Å². The largest absolute Gasteiger partial charge is 0.508 e. The number of nitrogens with two attached hydrogens (primary N) is 1. The van der Waals surface area contributed by atoms with Crippen molar-refractivity contribution < 1.29 is 44.4 Å². The first-order valence-corrected chi connectivity index (χ1v) is 10.2. The average molecular weight is 487 g/mol. The second kappa shape index (κ2) is 13.2. The van der Waals surface area contributed by atoms with E-state index in [2.05, 4.69) is 23.3 Å². The number of rotatable bonds is 13. The maximum Gasteiger partial charge on any atom is 0.326 e. The molecule has 1 rings (SSSR count). The molecule has 0 saturated heterocycles. The number of thiol groups is 1. The molecular weight excluding hydrogens is 460 g/mol. The number of carboxylic acid groups (broad SMARTS) is 2. The Hall–Kier alpha value is -3.36. The Morgan fingerprint density at radius 3 is 1.88 bits per heavy atom. The van der Waals surface area contributed by atoms with Gasteiger partial charge in [-0.3, -0.25) is 19.2 Å². The topological polar surface area (TPSA) is 228 Å². The number of aromatic hydroxyl groups is 1. The van der Waals surface area contributed by atoms with E-state index in [4.69, 9.17) is 15.9 Å². The van der Waals surface area contributed by atoms with E-state index >= 15 is 0 Å². The zero-order chi connectivity index (χ0) is 25.1. The SMILES string of the molecule is NC(CS)C(=O)NC(Cc1ccc(O)cc1)C(=O)NC(CO)C(=O)NC(CC(=O)O)C(=O)O. The summed E-state index contributed by atoms with van der Waals surface area (Å²) in [5.41, 5.74) is 6.15. The molecule has 1 aromatic rings. The lowest BCUT2D eigenvalue weighted by Crippen LogP contribution is -2.58. The van der Waals surface area contributed by atoms with Gasteiger partial charge >= 0.3 is 11.9 Å². The van der Waals surface area contributed by atoms with Crippen molar-refractivity contribution in [1.29, 1.82) is 0 Å². The van der Waals surface area contributed by atoms with Gasteiger partial charge < -0.3 is 42.1 Å². The number of hydrogen-bond acceptors (Lipinski definition) is 9. The molecule has 0 aromatic heterocycles. The van der Waals surface area contributed by atoms with Gasteiger partial charge in [0.2, 0.25) is 17.7 Å². The van der Waals surface area contributed by atoms with Crippen molar-refractivity contribution >= 4 is 42.3 Å². The van der Waals surface area contributed by atoms with Crippen molar-refractivity contribution in [2.45, 2.75) is 37.0 Å². The van der Waals surface area contributed by atoms with Crippen LogP contribution >= 0.6 is 12.6 Å². The van der Waals surface area contributed by atoms with E-state index in [9.17, 15) is 34.2 Å². The molecule has 0 aliphatic heterocycles. The normalized spacial score (nSPS) is 14.3. The summed E-state index contributed by atoms with van der Waals surface area (Å²) in [5.74, 6) is -5.88. The zero-order valence-electron chi connectivity index (χ0n) is 17.3. The molecule has 3 amide bonds. The molecule has 33 heavy (non-hydrogen) atoms. The Balaban J connectivity index is 2.99. The van der Waals surface area contributed by atoms with Gasteiger partial charge in [0.1, 0.15) is 23.9 Å². The second-order valence-electron chi connectivity index (χ2n) is 6.96. The Kier molecular flexibility index (Phi) is 11.1. The van der Waals surface area contributed by atoms with Crippen LogP contribution in [0.25, 0.3) is 0 Å². The number of hydrogen-bond donors (Lipinski definition) is 9. The number of phenols is 1. The average Bonchev–Trinajstić information content (AvgIpc) is 2.76. The minimum Gasteiger partial charge on any atom is -0.508 e. The standard InChI is InChI=1S/C19H26N4O9S/c20-11(8-33)16(28)21-12(5-9-1-3-10(25)4-2-9)17(29)23-14(7-24)18(30)22-13(19(31)32)6-15(26)27/h1-4,11-14,24-25,33H,5-8,20H2,(H,21,28)(H,22,30)(H,23,29)(H,26,27)(H,31,32). The summed E-state index contributed by atoms with van der Waals surface area (Å²) >= 11 is 3.92. The van der Waals surface area contributed by atoms with Gasteiger partial charge in [-0.05, 0) is 17.7 Å². The fourth-order valence-corrected chi connectivity index (χ4v) is 2.72. The molecule has 0 bridgehead atoms. The van der Waals surface area contributed by atoms with Gasteiger partial charge in [0.25, 0.3) is 0 Å². The maximum atomic E-state index is 12.8. The summed E-state index contributed by atoms with van der Waals surface area (Å²) in [4.78, 5) is 59.2. The number of aliphatic hydroxyl groups excluding tert-OH is 1. The molecule has 4 unspecified atom stereocenters. The number of benzene rings is 1. The molecule has 0 aliphatic carbocycles. The molecule has 0 fully saturated rings. The predicted octanol–water partition coefficient (Wildman–Crippen LogP) is -2.80. The lowest BCUT2D eigenvalue weighted by Gasteiger charge is -2.24. The van der Waals surface area contributed by atoms with Crippen LogP contribution in [0.5, 0.6) is 5.75 Å². The quantitative estimate of drug-likeness (QED) is 0.130. The van der Waals surface area contributed by atoms with Gasteiger partial charge in [-0.25, -0.2) is 4.79 Å². The van der Waals surface area contributed by atoms with Gasteiger partial charge in [0.15, 0.2) is 0 Å². The fraction of sp³-hybridized carbons (Fsp3) is 0.421. The smallest absolute Gasteiger partial charge is 0.326 e. The van der Waals surface area contributed by atoms with Gasteiger partial charge in [0.05, 0.1) is 19.1 Å². The highest BCUT2D eigenvalue weighted by Gasteiger charge is 2.30. The van der Waals surface area contributed by atoms with Crippen molar-refractivity contribution in [3.8, 4) is 5.75 Å². The Bertz CT molecular complexity index is 865. The highest BCUT2D eigenvalue weighted by atomic mass is 32.1. The van der Waals surface area contributed by atoms with E-state index in [1.165, 1.54) is 24.3 Å². The van der Waals surface area contributed by atoms with E-state index in [0.29, 0.717) is 5.56 Å². The monoisotopic (exact) mass is 486 g/mol. The third-order valence-electron chi connectivity index (χ3n) is 4.35. The maximum absolute atomic E-state index is 12.8. The first-order valence-electron chi connectivity index (χ1n) is 9.59. The first-order chi connectivity index (χ1) is 15.5. The minimum atomic E-state index is -1.79. The fourth-order valence-electron chi connectivity index (χ4n) is 2.55. The molecule has 14 heteroatoms. The first kappa shape index (κ1) is 27.7. The molecule has 0 radical (unpaired) electrons. The minimum absolute atomic E-state index is 0.0127. The molecule has 182 valence electrons. The summed E-state index contributed by atoms with van der Waals surface area (Å²) in [6.07, 6.45) is -0.998. The van der Waals surface area contributed by atoms with Crippen LogP contribution in [0.15, 0.2) is 24.3 Å². The van der Waals surface area contributed by atoms with E-state index in [1.54, 1.807) is 0 Å². The van der Waals surface area contributed by atoms with Crippen LogP contribution in [0.1, 0.15) is 12.0 Å². The molecule has 0 heterocycles. The van der Waals surface area contributed by atoms with Crippen LogP contribution in [0.2, 0.25) is 0 Å². The van der Waals surface area contributed by atoms with E-state index in [-0.39, 0.29) is 17.9 Å². The van der Waals surface area contributed by atoms with Crippen LogP contribution in [-0.4, -0.2) is 86.6 Å². The lowest BCUT2D eigenvalue weighted by molar-refractivity contribution is -0.147. The number of nitrogens with one attached hydrogen (secondary N) is 3. The van der Waals surface area contributed by atoms with Gasteiger partial charge in [-0.2, -0.15) is 12.6 Å². The predicted molar refractivity (Wildman–Crippen MR) is 116 cm³/mol. The number of carbonyl (C=O) groups is 5. The van der Waals surface area contributed by atoms with E-state index in [1.807, 2.05) is 5.32 Å². The lowest BCUT2D eigenvalue weighted by atomic mass is 10.0. The van der Waals surface area contributed by atoms with Crippen molar-refractivity contribution in [1.82, 2.24) is 16.0 Å². The van der Waals surface area contributed by atoms with Crippen LogP contribution < -0.4 is 21.7 Å².